The lowest BCUT2D eigenvalue weighted by Crippen LogP contribution is -2.31. The molecule has 100 valence electrons. The van der Waals surface area contributed by atoms with Crippen LogP contribution in [0.4, 0.5) is 8.78 Å². The summed E-state index contributed by atoms with van der Waals surface area (Å²) in [5, 5.41) is 10.5. The van der Waals surface area contributed by atoms with E-state index in [0.29, 0.717) is 12.8 Å². The van der Waals surface area contributed by atoms with Crippen LogP contribution in [0.25, 0.3) is 0 Å². The maximum Gasteiger partial charge on any atom is 0.143 e. The molecule has 0 spiro atoms. The highest BCUT2D eigenvalue weighted by Crippen LogP contribution is 2.33. The third-order valence-electron chi connectivity index (χ3n) is 3.68. The monoisotopic (exact) mass is 318 g/mol. The molecule has 0 unspecified atom stereocenters. The number of hydrogen-bond acceptors (Lipinski definition) is 1. The van der Waals surface area contributed by atoms with Gasteiger partial charge in [0, 0.05) is 12.0 Å². The van der Waals surface area contributed by atoms with Gasteiger partial charge in [0.05, 0.1) is 10.1 Å². The fraction of sp³-hybridized carbons (Fsp3) is 0.571. The van der Waals surface area contributed by atoms with Crippen molar-refractivity contribution >= 4 is 15.9 Å². The highest BCUT2D eigenvalue weighted by Gasteiger charge is 2.30. The molecule has 1 aromatic rings. The molecule has 0 bridgehead atoms. The first kappa shape index (κ1) is 13.9. The van der Waals surface area contributed by atoms with Crippen LogP contribution in [0.5, 0.6) is 0 Å². The van der Waals surface area contributed by atoms with E-state index in [2.05, 4.69) is 15.9 Å². The van der Waals surface area contributed by atoms with Crippen LogP contribution in [-0.2, 0) is 6.42 Å². The average molecular weight is 319 g/mol. The third-order valence-corrected chi connectivity index (χ3v) is 4.29. The van der Waals surface area contributed by atoms with Crippen LogP contribution in [0, 0.1) is 11.6 Å². The van der Waals surface area contributed by atoms with Crippen molar-refractivity contribution in [3.05, 3.63) is 33.8 Å². The highest BCUT2D eigenvalue weighted by molar-refractivity contribution is 9.10. The number of hydrogen-bond donors (Lipinski definition) is 1. The van der Waals surface area contributed by atoms with Gasteiger partial charge in [0.15, 0.2) is 0 Å². The smallest absolute Gasteiger partial charge is 0.143 e. The normalized spacial score (nSPS) is 19.6. The standard InChI is InChI=1S/C14H17BrF2O/c15-11-5-6-12(16)10(13(11)17)9-14(18)7-3-1-2-4-8-14/h5-6,18H,1-4,7-9H2. The summed E-state index contributed by atoms with van der Waals surface area (Å²) in [4.78, 5) is 0. The molecule has 1 aromatic carbocycles. The van der Waals surface area contributed by atoms with Crippen molar-refractivity contribution in [2.75, 3.05) is 0 Å². The lowest BCUT2D eigenvalue weighted by molar-refractivity contribution is 0.0236. The number of benzene rings is 1. The van der Waals surface area contributed by atoms with Crippen LogP contribution in [0.1, 0.15) is 44.1 Å². The van der Waals surface area contributed by atoms with Crippen molar-refractivity contribution in [3.63, 3.8) is 0 Å². The van der Waals surface area contributed by atoms with Gasteiger partial charge in [0.1, 0.15) is 11.6 Å². The molecule has 1 aliphatic rings. The molecule has 0 aromatic heterocycles. The number of halogens is 3. The summed E-state index contributed by atoms with van der Waals surface area (Å²) in [6.07, 6.45) is 5.33. The fourth-order valence-electron chi connectivity index (χ4n) is 2.62. The zero-order valence-electron chi connectivity index (χ0n) is 10.2. The molecule has 0 radical (unpaired) electrons. The molecule has 1 fully saturated rings. The van der Waals surface area contributed by atoms with Gasteiger partial charge in [-0.3, -0.25) is 0 Å². The molecule has 0 atom stereocenters. The zero-order valence-corrected chi connectivity index (χ0v) is 11.8. The first-order valence-electron chi connectivity index (χ1n) is 6.37. The second-order valence-corrected chi connectivity index (χ2v) is 5.99. The SMILES string of the molecule is OC1(Cc2c(F)ccc(Br)c2F)CCCCCC1. The molecule has 4 heteroatoms. The number of aliphatic hydroxyl groups is 1. The molecule has 0 saturated heterocycles. The fourth-order valence-corrected chi connectivity index (χ4v) is 3.00. The van der Waals surface area contributed by atoms with Gasteiger partial charge >= 0.3 is 0 Å². The van der Waals surface area contributed by atoms with E-state index in [1.165, 1.54) is 12.1 Å². The minimum Gasteiger partial charge on any atom is -0.390 e. The lowest BCUT2D eigenvalue weighted by atomic mass is 9.87. The van der Waals surface area contributed by atoms with Crippen molar-refractivity contribution in [2.24, 2.45) is 0 Å². The Hall–Kier alpha value is -0.480. The van der Waals surface area contributed by atoms with Crippen molar-refractivity contribution in [1.82, 2.24) is 0 Å². The molecule has 0 heterocycles. The second-order valence-electron chi connectivity index (χ2n) is 5.14. The molecule has 1 aliphatic carbocycles. The highest BCUT2D eigenvalue weighted by atomic mass is 79.9. The van der Waals surface area contributed by atoms with Gasteiger partial charge in [-0.05, 0) is 40.9 Å². The molecule has 2 rings (SSSR count). The summed E-state index contributed by atoms with van der Waals surface area (Å²) in [7, 11) is 0. The Labute approximate surface area is 114 Å². The molecule has 0 aliphatic heterocycles. The van der Waals surface area contributed by atoms with E-state index in [0.717, 1.165) is 25.7 Å². The Morgan fingerprint density at radius 2 is 1.72 bits per heavy atom. The van der Waals surface area contributed by atoms with Gasteiger partial charge in [-0.25, -0.2) is 8.78 Å². The molecule has 1 saturated carbocycles. The summed E-state index contributed by atoms with van der Waals surface area (Å²) in [5.74, 6) is -1.17. The van der Waals surface area contributed by atoms with Crippen LogP contribution in [0.15, 0.2) is 16.6 Å². The molecule has 1 nitrogen and oxygen atoms in total. The molecule has 18 heavy (non-hydrogen) atoms. The van der Waals surface area contributed by atoms with Crippen molar-refractivity contribution in [1.29, 1.82) is 0 Å². The second kappa shape index (κ2) is 5.66. The Morgan fingerprint density at radius 1 is 1.11 bits per heavy atom. The Morgan fingerprint density at radius 3 is 2.33 bits per heavy atom. The van der Waals surface area contributed by atoms with Gasteiger partial charge in [-0.1, -0.05) is 25.7 Å². The molecule has 0 amide bonds. The summed E-state index contributed by atoms with van der Waals surface area (Å²) < 4.78 is 27.8. The van der Waals surface area contributed by atoms with E-state index in [-0.39, 0.29) is 16.5 Å². The van der Waals surface area contributed by atoms with E-state index in [4.69, 9.17) is 0 Å². The topological polar surface area (TPSA) is 20.2 Å². The van der Waals surface area contributed by atoms with E-state index in [1.807, 2.05) is 0 Å². The Kier molecular flexibility index (Phi) is 4.38. The molecular formula is C14H17BrF2O. The van der Waals surface area contributed by atoms with E-state index < -0.39 is 17.2 Å². The summed E-state index contributed by atoms with van der Waals surface area (Å²) in [6, 6.07) is 2.59. The van der Waals surface area contributed by atoms with Crippen LogP contribution < -0.4 is 0 Å². The van der Waals surface area contributed by atoms with Crippen molar-refractivity contribution in [2.45, 2.75) is 50.5 Å². The van der Waals surface area contributed by atoms with Gasteiger partial charge in [0.25, 0.3) is 0 Å². The van der Waals surface area contributed by atoms with E-state index >= 15 is 0 Å². The summed E-state index contributed by atoms with van der Waals surface area (Å²) in [5.41, 5.74) is -0.965. The summed E-state index contributed by atoms with van der Waals surface area (Å²) in [6.45, 7) is 0. The van der Waals surface area contributed by atoms with Gasteiger partial charge < -0.3 is 5.11 Å². The van der Waals surface area contributed by atoms with Crippen LogP contribution in [0.2, 0.25) is 0 Å². The maximum atomic E-state index is 13.9. The predicted octanol–water partition coefficient (Wildman–Crippen LogP) is 4.36. The maximum absolute atomic E-state index is 13.9. The van der Waals surface area contributed by atoms with Gasteiger partial charge in [-0.15, -0.1) is 0 Å². The van der Waals surface area contributed by atoms with Crippen molar-refractivity contribution in [3.8, 4) is 0 Å². The quantitative estimate of drug-likeness (QED) is 0.634. The minimum absolute atomic E-state index is 0.00576. The van der Waals surface area contributed by atoms with E-state index in [9.17, 15) is 13.9 Å². The Bertz CT molecular complexity index is 426. The minimum atomic E-state index is -0.959. The largest absolute Gasteiger partial charge is 0.390 e. The van der Waals surface area contributed by atoms with Crippen LogP contribution in [-0.4, -0.2) is 10.7 Å². The molecule has 1 N–H and O–H groups in total. The lowest BCUT2D eigenvalue weighted by Gasteiger charge is -2.27. The zero-order chi connectivity index (χ0) is 13.2. The van der Waals surface area contributed by atoms with Crippen LogP contribution >= 0.6 is 15.9 Å². The van der Waals surface area contributed by atoms with Gasteiger partial charge in [-0.2, -0.15) is 0 Å². The molecular weight excluding hydrogens is 302 g/mol. The first-order chi connectivity index (χ1) is 8.52. The van der Waals surface area contributed by atoms with Gasteiger partial charge in [0.2, 0.25) is 0 Å². The Balaban J connectivity index is 2.24. The number of rotatable bonds is 2. The van der Waals surface area contributed by atoms with Crippen LogP contribution in [0.3, 0.4) is 0 Å². The van der Waals surface area contributed by atoms with Crippen molar-refractivity contribution < 1.29 is 13.9 Å². The predicted molar refractivity (Wildman–Crippen MR) is 70.4 cm³/mol. The third kappa shape index (κ3) is 3.09. The first-order valence-corrected chi connectivity index (χ1v) is 7.16. The average Bonchev–Trinajstić information content (AvgIpc) is 2.55. The summed E-state index contributed by atoms with van der Waals surface area (Å²) >= 11 is 3.05. The van der Waals surface area contributed by atoms with E-state index in [1.54, 1.807) is 0 Å².